The first-order chi connectivity index (χ1) is 7.95. The third-order valence-corrected chi connectivity index (χ3v) is 2.39. The number of pyridine rings is 1. The summed E-state index contributed by atoms with van der Waals surface area (Å²) in [6.07, 6.45) is -0.612. The number of nitrogens with two attached hydrogens (primary N) is 1. The van der Waals surface area contributed by atoms with E-state index in [1.165, 1.54) is 11.0 Å². The number of aliphatic hydroxyl groups is 1. The van der Waals surface area contributed by atoms with Crippen molar-refractivity contribution in [2.75, 3.05) is 19.0 Å². The molecule has 1 rings (SSSR count). The Morgan fingerprint density at radius 3 is 2.88 bits per heavy atom. The lowest BCUT2D eigenvalue weighted by Gasteiger charge is -2.19. The molecular weight excluding hydrogens is 244 g/mol. The zero-order valence-corrected chi connectivity index (χ0v) is 10.4. The second kappa shape index (κ2) is 5.81. The highest BCUT2D eigenvalue weighted by atomic mass is 35.5. The Balaban J connectivity index is 2.94. The van der Waals surface area contributed by atoms with Crippen LogP contribution in [0.1, 0.15) is 17.4 Å². The van der Waals surface area contributed by atoms with Crippen LogP contribution in [0.15, 0.2) is 12.1 Å². The Kier molecular flexibility index (Phi) is 4.68. The number of nitrogen functional groups attached to an aromatic ring is 1. The number of halogens is 1. The van der Waals surface area contributed by atoms with Gasteiger partial charge in [-0.2, -0.15) is 0 Å². The lowest BCUT2D eigenvalue weighted by atomic mass is 10.3. The number of hydrazine groups is 1. The summed E-state index contributed by atoms with van der Waals surface area (Å²) in [7, 11) is 1.57. The largest absolute Gasteiger partial charge is 0.392 e. The van der Waals surface area contributed by atoms with E-state index in [4.69, 9.17) is 17.4 Å². The van der Waals surface area contributed by atoms with Gasteiger partial charge in [0.05, 0.1) is 11.1 Å². The van der Waals surface area contributed by atoms with Crippen molar-refractivity contribution in [3.63, 3.8) is 0 Å². The molecule has 1 aromatic rings. The Morgan fingerprint density at radius 1 is 1.71 bits per heavy atom. The molecule has 0 fully saturated rings. The summed E-state index contributed by atoms with van der Waals surface area (Å²) in [5, 5.41) is 9.45. The minimum Gasteiger partial charge on any atom is -0.392 e. The van der Waals surface area contributed by atoms with Crippen molar-refractivity contribution in [1.82, 2.24) is 9.88 Å². The topological polar surface area (TPSA) is 91.5 Å². The molecule has 1 amide bonds. The van der Waals surface area contributed by atoms with E-state index in [1.54, 1.807) is 20.0 Å². The molecule has 94 valence electrons. The molecule has 0 saturated heterocycles. The van der Waals surface area contributed by atoms with Gasteiger partial charge in [-0.1, -0.05) is 11.6 Å². The van der Waals surface area contributed by atoms with Crippen LogP contribution in [0.4, 0.5) is 5.82 Å². The number of rotatable bonds is 4. The molecule has 0 spiro atoms. The smallest absolute Gasteiger partial charge is 0.273 e. The third kappa shape index (κ3) is 3.55. The fraction of sp³-hybridized carbons (Fsp3) is 0.400. The number of nitrogens with zero attached hydrogens (tertiary/aromatic N) is 2. The minimum atomic E-state index is -0.612. The predicted octanol–water partition coefficient (Wildman–Crippen LogP) is 0.473. The molecule has 0 aliphatic heterocycles. The number of aromatic nitrogens is 1. The van der Waals surface area contributed by atoms with Crippen LogP contribution in [0.2, 0.25) is 5.02 Å². The van der Waals surface area contributed by atoms with Crippen molar-refractivity contribution >= 4 is 23.3 Å². The Morgan fingerprint density at radius 2 is 2.35 bits per heavy atom. The maximum absolute atomic E-state index is 12.0. The molecule has 0 aliphatic rings. The summed E-state index contributed by atoms with van der Waals surface area (Å²) >= 11 is 5.89. The molecular formula is C10H15ClN4O2. The summed E-state index contributed by atoms with van der Waals surface area (Å²) in [5.41, 5.74) is 2.44. The summed E-state index contributed by atoms with van der Waals surface area (Å²) in [4.78, 5) is 17.3. The minimum absolute atomic E-state index is 0.102. The van der Waals surface area contributed by atoms with Crippen molar-refractivity contribution in [1.29, 1.82) is 0 Å². The summed E-state index contributed by atoms with van der Waals surface area (Å²) in [6, 6.07) is 3.10. The van der Waals surface area contributed by atoms with Crippen molar-refractivity contribution in [2.45, 2.75) is 13.0 Å². The molecule has 17 heavy (non-hydrogen) atoms. The molecule has 0 aromatic carbocycles. The van der Waals surface area contributed by atoms with E-state index in [2.05, 4.69) is 10.4 Å². The van der Waals surface area contributed by atoms with Gasteiger partial charge in [0.2, 0.25) is 0 Å². The Hall–Kier alpha value is -1.37. The molecule has 1 heterocycles. The van der Waals surface area contributed by atoms with Crippen LogP contribution in [0, 0.1) is 0 Å². The first-order valence-corrected chi connectivity index (χ1v) is 5.40. The molecule has 0 saturated carbocycles. The van der Waals surface area contributed by atoms with Crippen LogP contribution in [0.25, 0.3) is 0 Å². The quantitative estimate of drug-likeness (QED) is 0.540. The monoisotopic (exact) mass is 258 g/mol. The van der Waals surface area contributed by atoms with Gasteiger partial charge >= 0.3 is 0 Å². The van der Waals surface area contributed by atoms with Crippen LogP contribution < -0.4 is 11.3 Å². The molecule has 0 aliphatic carbocycles. The van der Waals surface area contributed by atoms with E-state index in [0.29, 0.717) is 5.82 Å². The SMILES string of the molecule is CC(O)CN(C)C(=O)c1nc(NN)ccc1Cl. The Bertz CT molecular complexity index is 411. The van der Waals surface area contributed by atoms with E-state index >= 15 is 0 Å². The number of nitrogens with one attached hydrogen (secondary N) is 1. The van der Waals surface area contributed by atoms with Gasteiger partial charge in [0.1, 0.15) is 11.5 Å². The predicted molar refractivity (Wildman–Crippen MR) is 65.7 cm³/mol. The number of carbonyl (C=O) groups excluding carboxylic acids is 1. The summed E-state index contributed by atoms with van der Waals surface area (Å²) in [5.74, 6) is 5.19. The summed E-state index contributed by atoms with van der Waals surface area (Å²) < 4.78 is 0. The zero-order valence-electron chi connectivity index (χ0n) is 9.64. The first-order valence-electron chi connectivity index (χ1n) is 5.02. The molecule has 0 bridgehead atoms. The average molecular weight is 259 g/mol. The molecule has 6 nitrogen and oxygen atoms in total. The third-order valence-electron chi connectivity index (χ3n) is 2.08. The maximum Gasteiger partial charge on any atom is 0.273 e. The number of hydrogen-bond donors (Lipinski definition) is 3. The van der Waals surface area contributed by atoms with Gasteiger partial charge in [0.15, 0.2) is 0 Å². The maximum atomic E-state index is 12.0. The van der Waals surface area contributed by atoms with E-state index in [0.717, 1.165) is 0 Å². The van der Waals surface area contributed by atoms with E-state index in [-0.39, 0.29) is 23.2 Å². The van der Waals surface area contributed by atoms with E-state index in [1.807, 2.05) is 0 Å². The molecule has 1 aromatic heterocycles. The number of likely N-dealkylation sites (N-methyl/N-ethyl adjacent to an activating group) is 1. The number of anilines is 1. The molecule has 4 N–H and O–H groups in total. The highest BCUT2D eigenvalue weighted by Gasteiger charge is 2.18. The second-order valence-electron chi connectivity index (χ2n) is 3.71. The molecule has 1 unspecified atom stereocenters. The highest BCUT2D eigenvalue weighted by molar-refractivity contribution is 6.33. The van der Waals surface area contributed by atoms with Gasteiger partial charge in [-0.15, -0.1) is 0 Å². The number of aliphatic hydroxyl groups excluding tert-OH is 1. The first kappa shape index (κ1) is 13.7. The number of amides is 1. The lowest BCUT2D eigenvalue weighted by Crippen LogP contribution is -2.33. The molecule has 7 heteroatoms. The van der Waals surface area contributed by atoms with Crippen LogP contribution in [0.5, 0.6) is 0 Å². The fourth-order valence-electron chi connectivity index (χ4n) is 1.33. The normalized spacial score (nSPS) is 12.1. The van der Waals surface area contributed by atoms with Crippen molar-refractivity contribution in [3.05, 3.63) is 22.8 Å². The average Bonchev–Trinajstić information content (AvgIpc) is 2.28. The standard InChI is InChI=1S/C10H15ClN4O2/c1-6(16)5-15(2)10(17)9-7(11)3-4-8(13-9)14-12/h3-4,6,16H,5,12H2,1-2H3,(H,13,14). The van der Waals surface area contributed by atoms with Crippen molar-refractivity contribution in [3.8, 4) is 0 Å². The van der Waals surface area contributed by atoms with Gasteiger partial charge < -0.3 is 15.4 Å². The molecule has 0 radical (unpaired) electrons. The van der Waals surface area contributed by atoms with Crippen LogP contribution in [0.3, 0.4) is 0 Å². The van der Waals surface area contributed by atoms with Gasteiger partial charge in [-0.3, -0.25) is 4.79 Å². The van der Waals surface area contributed by atoms with Crippen molar-refractivity contribution < 1.29 is 9.90 Å². The van der Waals surface area contributed by atoms with E-state index in [9.17, 15) is 9.90 Å². The van der Waals surface area contributed by atoms with Gasteiger partial charge in [-0.05, 0) is 19.1 Å². The van der Waals surface area contributed by atoms with Crippen LogP contribution in [-0.4, -0.2) is 40.6 Å². The van der Waals surface area contributed by atoms with Crippen LogP contribution >= 0.6 is 11.6 Å². The number of hydrogen-bond acceptors (Lipinski definition) is 5. The zero-order chi connectivity index (χ0) is 13.0. The Labute approximate surface area is 104 Å². The van der Waals surface area contributed by atoms with Gasteiger partial charge in [-0.25, -0.2) is 10.8 Å². The van der Waals surface area contributed by atoms with E-state index < -0.39 is 6.10 Å². The van der Waals surface area contributed by atoms with Gasteiger partial charge in [0, 0.05) is 13.6 Å². The molecule has 1 atom stereocenters. The van der Waals surface area contributed by atoms with Gasteiger partial charge in [0.25, 0.3) is 5.91 Å². The number of carbonyl (C=O) groups is 1. The second-order valence-corrected chi connectivity index (χ2v) is 4.11. The van der Waals surface area contributed by atoms with Crippen molar-refractivity contribution in [2.24, 2.45) is 5.84 Å². The van der Waals surface area contributed by atoms with Crippen LogP contribution in [-0.2, 0) is 0 Å². The fourth-order valence-corrected chi connectivity index (χ4v) is 1.52. The lowest BCUT2D eigenvalue weighted by molar-refractivity contribution is 0.0698. The highest BCUT2D eigenvalue weighted by Crippen LogP contribution is 2.17. The summed E-state index contributed by atoms with van der Waals surface area (Å²) in [6.45, 7) is 1.80.